The molecular weight excluding hydrogens is 392 g/mol. The lowest BCUT2D eigenvalue weighted by Crippen LogP contribution is -1.88. The maximum Gasteiger partial charge on any atom is 0.269 e. The van der Waals surface area contributed by atoms with Crippen molar-refractivity contribution in [3.8, 4) is 6.07 Å². The van der Waals surface area contributed by atoms with E-state index in [2.05, 4.69) is 31.9 Å². The molecule has 20 heavy (non-hydrogen) atoms. The molecule has 0 fully saturated rings. The molecule has 0 N–H and O–H groups in total. The topological polar surface area (TPSA) is 80.1 Å². The van der Waals surface area contributed by atoms with Gasteiger partial charge in [0.2, 0.25) is 0 Å². The SMILES string of the molecule is N#C/C(=C/c1cc(Br)c(Br)o1)c1ccc([N+](=O)[O-])cc1. The van der Waals surface area contributed by atoms with Crippen molar-refractivity contribution in [3.05, 3.63) is 60.9 Å². The Hall–Kier alpha value is -1.91. The zero-order chi connectivity index (χ0) is 14.7. The van der Waals surface area contributed by atoms with Crippen LogP contribution in [0.2, 0.25) is 0 Å². The van der Waals surface area contributed by atoms with E-state index in [1.807, 2.05) is 6.07 Å². The summed E-state index contributed by atoms with van der Waals surface area (Å²) >= 11 is 6.49. The first-order chi connectivity index (χ1) is 9.51. The number of nitrogens with zero attached hydrogens (tertiary/aromatic N) is 2. The largest absolute Gasteiger partial charge is 0.449 e. The van der Waals surface area contributed by atoms with Gasteiger partial charge >= 0.3 is 0 Å². The van der Waals surface area contributed by atoms with Gasteiger partial charge in [0, 0.05) is 12.1 Å². The van der Waals surface area contributed by atoms with Gasteiger partial charge in [-0.15, -0.1) is 0 Å². The van der Waals surface area contributed by atoms with Crippen LogP contribution in [0.4, 0.5) is 5.69 Å². The fourth-order valence-corrected chi connectivity index (χ4v) is 2.13. The molecule has 1 heterocycles. The Morgan fingerprint density at radius 2 is 2.00 bits per heavy atom. The molecule has 0 saturated carbocycles. The molecule has 0 aliphatic carbocycles. The molecule has 2 aromatic rings. The third kappa shape index (κ3) is 3.15. The number of furan rings is 1. The lowest BCUT2D eigenvalue weighted by molar-refractivity contribution is -0.384. The monoisotopic (exact) mass is 396 g/mol. The predicted octanol–water partition coefficient (Wildman–Crippen LogP) is 4.78. The lowest BCUT2D eigenvalue weighted by atomic mass is 10.1. The van der Waals surface area contributed by atoms with Gasteiger partial charge in [0.05, 0.1) is 21.0 Å². The van der Waals surface area contributed by atoms with Gasteiger partial charge in [-0.25, -0.2) is 0 Å². The summed E-state index contributed by atoms with van der Waals surface area (Å²) in [5.74, 6) is 0.499. The average molecular weight is 398 g/mol. The Kier molecular flexibility index (Phi) is 4.37. The van der Waals surface area contributed by atoms with Crippen molar-refractivity contribution in [1.29, 1.82) is 5.26 Å². The maximum absolute atomic E-state index is 10.6. The molecule has 5 nitrogen and oxygen atoms in total. The van der Waals surface area contributed by atoms with Crippen molar-refractivity contribution in [1.82, 2.24) is 0 Å². The summed E-state index contributed by atoms with van der Waals surface area (Å²) in [6, 6.07) is 9.53. The molecular formula is C13H6Br2N2O3. The molecule has 0 aliphatic heterocycles. The molecule has 0 radical (unpaired) electrons. The third-order valence-electron chi connectivity index (χ3n) is 2.46. The minimum absolute atomic E-state index is 0.0190. The molecule has 7 heteroatoms. The molecule has 0 spiro atoms. The molecule has 0 amide bonds. The number of rotatable bonds is 3. The van der Waals surface area contributed by atoms with Crippen molar-refractivity contribution in [2.45, 2.75) is 0 Å². The van der Waals surface area contributed by atoms with Crippen molar-refractivity contribution < 1.29 is 9.34 Å². The zero-order valence-electron chi connectivity index (χ0n) is 9.84. The predicted molar refractivity (Wildman–Crippen MR) is 80.7 cm³/mol. The molecule has 1 aromatic carbocycles. The Bertz CT molecular complexity index is 708. The normalized spacial score (nSPS) is 11.2. The molecule has 0 unspecified atom stereocenters. The van der Waals surface area contributed by atoms with E-state index < -0.39 is 4.92 Å². The number of non-ortho nitro benzene ring substituents is 1. The minimum atomic E-state index is -0.486. The van der Waals surface area contributed by atoms with Crippen molar-refractivity contribution in [2.75, 3.05) is 0 Å². The van der Waals surface area contributed by atoms with Crippen LogP contribution in [0.1, 0.15) is 11.3 Å². The first kappa shape index (κ1) is 14.5. The Labute approximate surface area is 130 Å². The van der Waals surface area contributed by atoms with Crippen molar-refractivity contribution in [3.63, 3.8) is 0 Å². The second-order valence-electron chi connectivity index (χ2n) is 3.74. The van der Waals surface area contributed by atoms with E-state index in [-0.39, 0.29) is 5.69 Å². The van der Waals surface area contributed by atoms with E-state index in [4.69, 9.17) is 4.42 Å². The smallest absolute Gasteiger partial charge is 0.269 e. The summed E-state index contributed by atoms with van der Waals surface area (Å²) in [6.07, 6.45) is 1.57. The molecule has 1 aromatic heterocycles. The highest BCUT2D eigenvalue weighted by molar-refractivity contribution is 9.13. The zero-order valence-corrected chi connectivity index (χ0v) is 13.0. The number of nitro benzene ring substituents is 1. The summed E-state index contributed by atoms with van der Waals surface area (Å²) in [6.45, 7) is 0. The van der Waals surface area contributed by atoms with Crippen molar-refractivity contribution in [2.24, 2.45) is 0 Å². The number of hydrogen-bond acceptors (Lipinski definition) is 4. The van der Waals surface area contributed by atoms with Crippen LogP contribution in [0.5, 0.6) is 0 Å². The van der Waals surface area contributed by atoms with Gasteiger partial charge < -0.3 is 4.42 Å². The van der Waals surface area contributed by atoms with Crippen LogP contribution in [-0.2, 0) is 0 Å². The van der Waals surface area contributed by atoms with E-state index in [1.54, 1.807) is 12.1 Å². The summed E-state index contributed by atoms with van der Waals surface area (Å²) in [5.41, 5.74) is 0.921. The third-order valence-corrected chi connectivity index (χ3v) is 4.17. The Morgan fingerprint density at radius 1 is 1.35 bits per heavy atom. The highest BCUT2D eigenvalue weighted by Crippen LogP contribution is 2.29. The number of benzene rings is 1. The van der Waals surface area contributed by atoms with Crippen LogP contribution in [-0.4, -0.2) is 4.92 Å². The summed E-state index contributed by atoms with van der Waals surface area (Å²) in [4.78, 5) is 10.1. The summed E-state index contributed by atoms with van der Waals surface area (Å²) < 4.78 is 6.64. The second kappa shape index (κ2) is 6.03. The molecule has 2 rings (SSSR count). The van der Waals surface area contributed by atoms with Crippen LogP contribution in [0.25, 0.3) is 11.6 Å². The molecule has 100 valence electrons. The summed E-state index contributed by atoms with van der Waals surface area (Å²) in [5, 5.41) is 19.8. The fraction of sp³-hybridized carbons (Fsp3) is 0. The first-order valence-corrected chi connectivity index (χ1v) is 6.91. The first-order valence-electron chi connectivity index (χ1n) is 5.32. The Morgan fingerprint density at radius 3 is 2.45 bits per heavy atom. The maximum atomic E-state index is 10.6. The van der Waals surface area contributed by atoms with Gasteiger partial charge in [-0.2, -0.15) is 5.26 Å². The van der Waals surface area contributed by atoms with E-state index >= 15 is 0 Å². The molecule has 0 atom stereocenters. The van der Waals surface area contributed by atoms with Crippen molar-refractivity contribution >= 4 is 49.2 Å². The van der Waals surface area contributed by atoms with Crippen LogP contribution in [0.15, 0.2) is 43.9 Å². The van der Waals surface area contributed by atoms with Crippen LogP contribution >= 0.6 is 31.9 Å². The molecule has 0 saturated heterocycles. The number of halogens is 2. The molecule has 0 bridgehead atoms. The summed E-state index contributed by atoms with van der Waals surface area (Å²) in [7, 11) is 0. The van der Waals surface area contributed by atoms with Crippen LogP contribution in [0.3, 0.4) is 0 Å². The van der Waals surface area contributed by atoms with Gasteiger partial charge in [0.1, 0.15) is 5.76 Å². The van der Waals surface area contributed by atoms with Gasteiger partial charge in [-0.3, -0.25) is 10.1 Å². The highest BCUT2D eigenvalue weighted by atomic mass is 79.9. The number of nitro groups is 1. The number of hydrogen-bond donors (Lipinski definition) is 0. The average Bonchev–Trinajstić information content (AvgIpc) is 2.75. The standard InChI is InChI=1S/C13H6Br2N2O3/c14-12-6-11(20-13(12)15)5-9(7-16)8-1-3-10(4-2-8)17(18)19/h1-6H/b9-5-. The fourth-order valence-electron chi connectivity index (χ4n) is 1.52. The van der Waals surface area contributed by atoms with E-state index in [0.29, 0.717) is 21.6 Å². The van der Waals surface area contributed by atoms with Gasteiger partial charge in [0.25, 0.3) is 5.69 Å². The van der Waals surface area contributed by atoms with Gasteiger partial charge in [-0.1, -0.05) is 0 Å². The van der Waals surface area contributed by atoms with E-state index in [1.165, 1.54) is 24.3 Å². The van der Waals surface area contributed by atoms with Crippen LogP contribution < -0.4 is 0 Å². The molecule has 0 aliphatic rings. The lowest BCUT2D eigenvalue weighted by Gasteiger charge is -1.98. The van der Waals surface area contributed by atoms with Crippen LogP contribution in [0, 0.1) is 21.4 Å². The minimum Gasteiger partial charge on any atom is -0.449 e. The van der Waals surface area contributed by atoms with Gasteiger partial charge in [0.15, 0.2) is 4.67 Å². The second-order valence-corrected chi connectivity index (χ2v) is 5.32. The Balaban J connectivity index is 2.37. The van der Waals surface area contributed by atoms with Gasteiger partial charge in [-0.05, 0) is 61.7 Å². The van der Waals surface area contributed by atoms with E-state index in [0.717, 1.165) is 4.47 Å². The van der Waals surface area contributed by atoms with E-state index in [9.17, 15) is 15.4 Å². The highest BCUT2D eigenvalue weighted by Gasteiger charge is 2.09. The number of nitriles is 1. The quantitative estimate of drug-likeness (QED) is 0.424. The number of allylic oxidation sites excluding steroid dienone is 1.